The van der Waals surface area contributed by atoms with E-state index in [1.807, 2.05) is 13.2 Å². The fourth-order valence-electron chi connectivity index (χ4n) is 6.30. The third kappa shape index (κ3) is 2.41. The molecule has 1 amide bonds. The summed E-state index contributed by atoms with van der Waals surface area (Å²) in [5, 5.41) is 0. The van der Waals surface area contributed by atoms with Gasteiger partial charge in [-0.2, -0.15) is 0 Å². The van der Waals surface area contributed by atoms with E-state index in [2.05, 4.69) is 13.0 Å². The number of rotatable bonds is 3. The number of carbonyl (C=O) groups excluding carboxylic acids is 1. The lowest BCUT2D eigenvalue weighted by Crippen LogP contribution is -2.44. The van der Waals surface area contributed by atoms with Crippen molar-refractivity contribution in [2.75, 3.05) is 14.2 Å². The highest BCUT2D eigenvalue weighted by atomic mass is 16.5. The van der Waals surface area contributed by atoms with Crippen LogP contribution in [0, 0.1) is 17.3 Å². The first-order chi connectivity index (χ1) is 12.0. The number of amides is 1. The molecule has 136 valence electrons. The monoisotopic (exact) mass is 343 g/mol. The highest BCUT2D eigenvalue weighted by Gasteiger charge is 2.55. The lowest BCUT2D eigenvalue weighted by atomic mass is 9.55. The standard InChI is InChI=1S/C21H29NO3/c1-21-9-8-13-14(17(21)6-7-19(21)25-3)5-4-12-10-16(20(22)23)18(24-2)11-15(12)13/h10-11,13-14,17,19H,4-9H2,1-3H3,(H2,22,23)/t13?,14?,17?,19-,21-/m0/s1. The number of ether oxygens (including phenoxy) is 2. The summed E-state index contributed by atoms with van der Waals surface area (Å²) in [6.07, 6.45) is 7.54. The molecular formula is C21H29NO3. The van der Waals surface area contributed by atoms with E-state index in [-0.39, 0.29) is 0 Å². The quantitative estimate of drug-likeness (QED) is 0.911. The zero-order valence-corrected chi connectivity index (χ0v) is 15.5. The topological polar surface area (TPSA) is 61.5 Å². The minimum atomic E-state index is -0.406. The Balaban J connectivity index is 1.71. The second-order valence-corrected chi connectivity index (χ2v) is 8.38. The van der Waals surface area contributed by atoms with Gasteiger partial charge in [0.2, 0.25) is 0 Å². The molecular weight excluding hydrogens is 314 g/mol. The van der Waals surface area contributed by atoms with Gasteiger partial charge >= 0.3 is 0 Å². The maximum Gasteiger partial charge on any atom is 0.252 e. The number of carbonyl (C=O) groups is 1. The number of aryl methyl sites for hydroxylation is 1. The predicted molar refractivity (Wildman–Crippen MR) is 96.9 cm³/mol. The van der Waals surface area contributed by atoms with E-state index in [1.54, 1.807) is 7.11 Å². The minimum absolute atomic E-state index is 0.324. The molecule has 2 fully saturated rings. The zero-order chi connectivity index (χ0) is 17.8. The molecule has 2 saturated carbocycles. The Morgan fingerprint density at radius 3 is 2.68 bits per heavy atom. The Hall–Kier alpha value is -1.55. The molecule has 1 aromatic rings. The molecule has 0 radical (unpaired) electrons. The van der Waals surface area contributed by atoms with Crippen molar-refractivity contribution in [3.8, 4) is 5.75 Å². The van der Waals surface area contributed by atoms with Crippen LogP contribution in [0.5, 0.6) is 5.75 Å². The lowest BCUT2D eigenvalue weighted by Gasteiger charge is -2.50. The minimum Gasteiger partial charge on any atom is -0.496 e. The van der Waals surface area contributed by atoms with Crippen molar-refractivity contribution >= 4 is 5.91 Å². The largest absolute Gasteiger partial charge is 0.496 e. The summed E-state index contributed by atoms with van der Waals surface area (Å²) in [5.74, 6) is 2.26. The molecule has 0 aromatic heterocycles. The molecule has 3 aliphatic carbocycles. The fraction of sp³-hybridized carbons (Fsp3) is 0.667. The van der Waals surface area contributed by atoms with Crippen LogP contribution >= 0.6 is 0 Å². The maximum atomic E-state index is 11.7. The van der Waals surface area contributed by atoms with Crippen molar-refractivity contribution < 1.29 is 14.3 Å². The van der Waals surface area contributed by atoms with Gasteiger partial charge in [-0.3, -0.25) is 4.79 Å². The molecule has 0 heterocycles. The van der Waals surface area contributed by atoms with Crippen LogP contribution in [-0.2, 0) is 11.2 Å². The van der Waals surface area contributed by atoms with Crippen LogP contribution in [-0.4, -0.2) is 26.2 Å². The molecule has 2 N–H and O–H groups in total. The maximum absolute atomic E-state index is 11.7. The van der Waals surface area contributed by atoms with E-state index in [0.717, 1.165) is 18.3 Å². The van der Waals surface area contributed by atoms with E-state index >= 15 is 0 Å². The molecule has 0 bridgehead atoms. The average molecular weight is 343 g/mol. The van der Waals surface area contributed by atoms with Gasteiger partial charge < -0.3 is 15.2 Å². The average Bonchev–Trinajstić information content (AvgIpc) is 2.96. The SMILES string of the molecule is COc1cc2c(cc1C(N)=O)CCC1C2CC[C@@]2(C)C1CC[C@@H]2OC. The zero-order valence-electron chi connectivity index (χ0n) is 15.5. The van der Waals surface area contributed by atoms with Gasteiger partial charge in [0.1, 0.15) is 5.75 Å². The Bertz CT molecular complexity index is 701. The first-order valence-corrected chi connectivity index (χ1v) is 9.53. The van der Waals surface area contributed by atoms with Crippen LogP contribution in [0.2, 0.25) is 0 Å². The van der Waals surface area contributed by atoms with Crippen molar-refractivity contribution in [1.29, 1.82) is 0 Å². The first kappa shape index (κ1) is 16.9. The highest BCUT2D eigenvalue weighted by molar-refractivity contribution is 5.96. The second kappa shape index (κ2) is 6.01. The van der Waals surface area contributed by atoms with E-state index in [4.69, 9.17) is 15.2 Å². The molecule has 0 aliphatic heterocycles. The Labute approximate surface area is 150 Å². The van der Waals surface area contributed by atoms with E-state index in [1.165, 1.54) is 43.2 Å². The van der Waals surface area contributed by atoms with Gasteiger partial charge in [-0.15, -0.1) is 0 Å². The molecule has 0 spiro atoms. The molecule has 4 heteroatoms. The van der Waals surface area contributed by atoms with Gasteiger partial charge in [0, 0.05) is 7.11 Å². The lowest BCUT2D eigenvalue weighted by molar-refractivity contribution is -0.0444. The molecule has 4 rings (SSSR count). The van der Waals surface area contributed by atoms with Gasteiger partial charge in [-0.05, 0) is 85.0 Å². The van der Waals surface area contributed by atoms with Crippen LogP contribution in [0.4, 0.5) is 0 Å². The number of fused-ring (bicyclic) bond motifs is 5. The molecule has 3 aliphatic rings. The summed E-state index contributed by atoms with van der Waals surface area (Å²) in [5.41, 5.74) is 9.06. The van der Waals surface area contributed by atoms with Crippen LogP contribution in [0.3, 0.4) is 0 Å². The second-order valence-electron chi connectivity index (χ2n) is 8.38. The normalized spacial score (nSPS) is 36.3. The van der Waals surface area contributed by atoms with Gasteiger partial charge in [0.05, 0.1) is 18.8 Å². The van der Waals surface area contributed by atoms with Crippen molar-refractivity contribution in [1.82, 2.24) is 0 Å². The number of benzene rings is 1. The van der Waals surface area contributed by atoms with Crippen molar-refractivity contribution in [3.05, 3.63) is 28.8 Å². The Morgan fingerprint density at radius 2 is 2.00 bits per heavy atom. The number of nitrogens with two attached hydrogens (primary N) is 1. The number of hydrogen-bond donors (Lipinski definition) is 1. The van der Waals surface area contributed by atoms with Crippen LogP contribution in [0.15, 0.2) is 12.1 Å². The molecule has 5 atom stereocenters. The first-order valence-electron chi connectivity index (χ1n) is 9.53. The van der Waals surface area contributed by atoms with Gasteiger partial charge in [0.15, 0.2) is 0 Å². The summed E-state index contributed by atoms with van der Waals surface area (Å²) < 4.78 is 11.3. The van der Waals surface area contributed by atoms with Gasteiger partial charge in [0.25, 0.3) is 5.91 Å². The third-order valence-electron chi connectivity index (χ3n) is 7.51. The van der Waals surface area contributed by atoms with E-state index in [9.17, 15) is 4.79 Å². The highest BCUT2D eigenvalue weighted by Crippen LogP contribution is 2.61. The van der Waals surface area contributed by atoms with Gasteiger partial charge in [-0.25, -0.2) is 0 Å². The molecule has 1 aromatic carbocycles. The van der Waals surface area contributed by atoms with Crippen LogP contribution < -0.4 is 10.5 Å². The van der Waals surface area contributed by atoms with Crippen molar-refractivity contribution in [3.63, 3.8) is 0 Å². The molecule has 0 saturated heterocycles. The van der Waals surface area contributed by atoms with Crippen molar-refractivity contribution in [2.45, 2.75) is 57.5 Å². The fourth-order valence-corrected chi connectivity index (χ4v) is 6.30. The number of hydrogen-bond acceptors (Lipinski definition) is 3. The molecule has 25 heavy (non-hydrogen) atoms. The molecule has 3 unspecified atom stereocenters. The van der Waals surface area contributed by atoms with E-state index in [0.29, 0.717) is 28.7 Å². The molecule has 4 nitrogen and oxygen atoms in total. The van der Waals surface area contributed by atoms with Crippen molar-refractivity contribution in [2.24, 2.45) is 23.0 Å². The number of primary amides is 1. The summed E-state index contributed by atoms with van der Waals surface area (Å²) in [7, 11) is 3.49. The Morgan fingerprint density at radius 1 is 1.20 bits per heavy atom. The van der Waals surface area contributed by atoms with Gasteiger partial charge in [-0.1, -0.05) is 6.92 Å². The predicted octanol–water partition coefficient (Wildman–Crippen LogP) is 3.67. The summed E-state index contributed by atoms with van der Waals surface area (Å²) >= 11 is 0. The van der Waals surface area contributed by atoms with Crippen LogP contribution in [0.1, 0.15) is 66.4 Å². The van der Waals surface area contributed by atoms with E-state index < -0.39 is 5.91 Å². The third-order valence-corrected chi connectivity index (χ3v) is 7.51. The summed E-state index contributed by atoms with van der Waals surface area (Å²) in [6, 6.07) is 4.07. The Kier molecular flexibility index (Phi) is 4.06. The number of methoxy groups -OCH3 is 2. The smallest absolute Gasteiger partial charge is 0.252 e. The summed E-state index contributed by atoms with van der Waals surface area (Å²) in [6.45, 7) is 2.45. The van der Waals surface area contributed by atoms with Crippen LogP contribution in [0.25, 0.3) is 0 Å². The summed E-state index contributed by atoms with van der Waals surface area (Å²) in [4.78, 5) is 11.7.